The zero-order valence-corrected chi connectivity index (χ0v) is 10.3. The summed E-state index contributed by atoms with van der Waals surface area (Å²) in [6.45, 7) is 4.62. The molecule has 0 unspecified atom stereocenters. The molecule has 1 rings (SSSR count). The molecule has 0 bridgehead atoms. The molecule has 4 nitrogen and oxygen atoms in total. The molecular weight excluding hydrogens is 216 g/mol. The van der Waals surface area contributed by atoms with Gasteiger partial charge in [-0.2, -0.15) is 5.26 Å². The van der Waals surface area contributed by atoms with Crippen molar-refractivity contribution in [2.45, 2.75) is 13.3 Å². The van der Waals surface area contributed by atoms with Crippen LogP contribution in [0.5, 0.6) is 11.5 Å². The van der Waals surface area contributed by atoms with E-state index in [1.807, 2.05) is 0 Å². The first-order valence-electron chi connectivity index (χ1n) is 5.73. The molecule has 0 amide bonds. The Labute approximate surface area is 102 Å². The van der Waals surface area contributed by atoms with Gasteiger partial charge in [-0.1, -0.05) is 6.92 Å². The van der Waals surface area contributed by atoms with Gasteiger partial charge in [0.2, 0.25) is 0 Å². The van der Waals surface area contributed by atoms with Crippen LogP contribution in [-0.4, -0.2) is 26.8 Å². The number of nitrogens with zero attached hydrogens (tertiary/aromatic N) is 1. The summed E-state index contributed by atoms with van der Waals surface area (Å²) in [6, 6.07) is 7.24. The van der Waals surface area contributed by atoms with Gasteiger partial charge in [-0.25, -0.2) is 0 Å². The standard InChI is InChI=1S/C13H18N2O2/c1-3-15-7-4-8-17-12-6-5-11(10-14)9-13(12)16-2/h5-6,9,15H,3-4,7-8H2,1-2H3. The van der Waals surface area contributed by atoms with Crippen LogP contribution in [0.1, 0.15) is 18.9 Å². The summed E-state index contributed by atoms with van der Waals surface area (Å²) in [4.78, 5) is 0. The van der Waals surface area contributed by atoms with Gasteiger partial charge in [0.05, 0.1) is 25.3 Å². The predicted octanol–water partition coefficient (Wildman–Crippen LogP) is 1.95. The number of nitrogens with one attached hydrogen (secondary N) is 1. The second kappa shape index (κ2) is 7.53. The molecule has 0 saturated heterocycles. The number of hydrogen-bond donors (Lipinski definition) is 1. The number of rotatable bonds is 7. The molecule has 4 heteroatoms. The van der Waals surface area contributed by atoms with E-state index in [0.29, 0.717) is 23.7 Å². The number of nitriles is 1. The van der Waals surface area contributed by atoms with Gasteiger partial charge in [-0.05, 0) is 31.6 Å². The Hall–Kier alpha value is -1.73. The summed E-state index contributed by atoms with van der Waals surface area (Å²) < 4.78 is 10.8. The maximum Gasteiger partial charge on any atom is 0.162 e. The minimum Gasteiger partial charge on any atom is -0.493 e. The van der Waals surface area contributed by atoms with Gasteiger partial charge in [0, 0.05) is 6.07 Å². The van der Waals surface area contributed by atoms with Crippen LogP contribution in [0.25, 0.3) is 0 Å². The lowest BCUT2D eigenvalue weighted by atomic mass is 10.2. The first-order chi connectivity index (χ1) is 8.31. The summed E-state index contributed by atoms with van der Waals surface area (Å²) in [5, 5.41) is 12.0. The summed E-state index contributed by atoms with van der Waals surface area (Å²) in [5.41, 5.74) is 0.571. The van der Waals surface area contributed by atoms with Crippen molar-refractivity contribution in [1.82, 2.24) is 5.32 Å². The lowest BCUT2D eigenvalue weighted by molar-refractivity contribution is 0.288. The summed E-state index contributed by atoms with van der Waals surface area (Å²) in [5.74, 6) is 1.29. The first kappa shape index (κ1) is 13.3. The maximum atomic E-state index is 8.77. The minimum atomic E-state index is 0.571. The second-order valence-electron chi connectivity index (χ2n) is 3.53. The average Bonchev–Trinajstić information content (AvgIpc) is 2.38. The highest BCUT2D eigenvalue weighted by atomic mass is 16.5. The SMILES string of the molecule is CCNCCCOc1ccc(C#N)cc1OC. The smallest absolute Gasteiger partial charge is 0.162 e. The summed E-state index contributed by atoms with van der Waals surface area (Å²) in [6.07, 6.45) is 0.941. The van der Waals surface area contributed by atoms with Crippen LogP contribution in [-0.2, 0) is 0 Å². The highest BCUT2D eigenvalue weighted by Gasteiger charge is 2.05. The topological polar surface area (TPSA) is 54.3 Å². The van der Waals surface area contributed by atoms with E-state index in [-0.39, 0.29) is 0 Å². The third kappa shape index (κ3) is 4.33. The lowest BCUT2D eigenvalue weighted by Gasteiger charge is -2.10. The molecule has 0 saturated carbocycles. The van der Waals surface area contributed by atoms with Crippen LogP contribution in [0.15, 0.2) is 18.2 Å². The Bertz CT molecular complexity index is 385. The zero-order chi connectivity index (χ0) is 12.5. The van der Waals surface area contributed by atoms with Crippen molar-refractivity contribution in [2.24, 2.45) is 0 Å². The minimum absolute atomic E-state index is 0.571. The number of hydrogen-bond acceptors (Lipinski definition) is 4. The highest BCUT2D eigenvalue weighted by Crippen LogP contribution is 2.27. The van der Waals surface area contributed by atoms with Crippen LogP contribution in [0, 0.1) is 11.3 Å². The number of methoxy groups -OCH3 is 1. The molecule has 0 heterocycles. The van der Waals surface area contributed by atoms with E-state index in [4.69, 9.17) is 14.7 Å². The van der Waals surface area contributed by atoms with Gasteiger partial charge >= 0.3 is 0 Å². The molecule has 0 fully saturated rings. The maximum absolute atomic E-state index is 8.77. The Kier molecular flexibility index (Phi) is 5.91. The van der Waals surface area contributed by atoms with Crippen LogP contribution in [0.2, 0.25) is 0 Å². The molecule has 1 aromatic rings. The molecule has 0 radical (unpaired) electrons. The van der Waals surface area contributed by atoms with E-state index < -0.39 is 0 Å². The molecule has 0 spiro atoms. The molecule has 1 N–H and O–H groups in total. The molecule has 0 aliphatic carbocycles. The Morgan fingerprint density at radius 2 is 2.18 bits per heavy atom. The van der Waals surface area contributed by atoms with Crippen molar-refractivity contribution < 1.29 is 9.47 Å². The fraction of sp³-hybridized carbons (Fsp3) is 0.462. The molecule has 0 aromatic heterocycles. The Morgan fingerprint density at radius 1 is 1.35 bits per heavy atom. The van der Waals surface area contributed by atoms with E-state index in [9.17, 15) is 0 Å². The van der Waals surface area contributed by atoms with Crippen LogP contribution >= 0.6 is 0 Å². The summed E-state index contributed by atoms with van der Waals surface area (Å²) in [7, 11) is 1.57. The van der Waals surface area contributed by atoms with E-state index in [1.165, 1.54) is 0 Å². The second-order valence-corrected chi connectivity index (χ2v) is 3.53. The van der Waals surface area contributed by atoms with Crippen molar-refractivity contribution in [2.75, 3.05) is 26.8 Å². The lowest BCUT2D eigenvalue weighted by Crippen LogP contribution is -2.16. The largest absolute Gasteiger partial charge is 0.493 e. The van der Waals surface area contributed by atoms with Crippen molar-refractivity contribution in [3.8, 4) is 17.6 Å². The summed E-state index contributed by atoms with van der Waals surface area (Å²) >= 11 is 0. The Morgan fingerprint density at radius 3 is 2.82 bits per heavy atom. The van der Waals surface area contributed by atoms with Crippen molar-refractivity contribution in [3.05, 3.63) is 23.8 Å². The molecular formula is C13H18N2O2. The van der Waals surface area contributed by atoms with E-state index >= 15 is 0 Å². The molecule has 1 aromatic carbocycles. The van der Waals surface area contributed by atoms with Gasteiger partial charge < -0.3 is 14.8 Å². The highest BCUT2D eigenvalue weighted by molar-refractivity contribution is 5.46. The predicted molar refractivity (Wildman–Crippen MR) is 66.4 cm³/mol. The van der Waals surface area contributed by atoms with Gasteiger partial charge in [0.15, 0.2) is 11.5 Å². The molecule has 92 valence electrons. The fourth-order valence-electron chi connectivity index (χ4n) is 1.41. The van der Waals surface area contributed by atoms with Crippen molar-refractivity contribution in [3.63, 3.8) is 0 Å². The monoisotopic (exact) mass is 234 g/mol. The van der Waals surface area contributed by atoms with Gasteiger partial charge in [0.25, 0.3) is 0 Å². The van der Waals surface area contributed by atoms with Gasteiger partial charge in [-0.15, -0.1) is 0 Å². The van der Waals surface area contributed by atoms with Crippen LogP contribution in [0.3, 0.4) is 0 Å². The van der Waals surface area contributed by atoms with E-state index in [1.54, 1.807) is 25.3 Å². The first-order valence-corrected chi connectivity index (χ1v) is 5.73. The molecule has 0 aliphatic heterocycles. The van der Waals surface area contributed by atoms with Crippen LogP contribution in [0.4, 0.5) is 0 Å². The van der Waals surface area contributed by atoms with E-state index in [2.05, 4.69) is 18.3 Å². The molecule has 17 heavy (non-hydrogen) atoms. The number of ether oxygens (including phenoxy) is 2. The van der Waals surface area contributed by atoms with E-state index in [0.717, 1.165) is 19.5 Å². The molecule has 0 atom stereocenters. The molecule has 0 aliphatic rings. The van der Waals surface area contributed by atoms with Gasteiger partial charge in [0.1, 0.15) is 0 Å². The quantitative estimate of drug-likeness (QED) is 0.733. The zero-order valence-electron chi connectivity index (χ0n) is 10.3. The Balaban J connectivity index is 2.50. The number of benzene rings is 1. The third-order valence-corrected chi connectivity index (χ3v) is 2.30. The fourth-order valence-corrected chi connectivity index (χ4v) is 1.41. The normalized spacial score (nSPS) is 9.71. The average molecular weight is 234 g/mol. The van der Waals surface area contributed by atoms with Crippen molar-refractivity contribution >= 4 is 0 Å². The van der Waals surface area contributed by atoms with Gasteiger partial charge in [-0.3, -0.25) is 0 Å². The van der Waals surface area contributed by atoms with Crippen LogP contribution < -0.4 is 14.8 Å². The third-order valence-electron chi connectivity index (χ3n) is 2.30. The van der Waals surface area contributed by atoms with Crippen molar-refractivity contribution in [1.29, 1.82) is 5.26 Å².